The lowest BCUT2D eigenvalue weighted by molar-refractivity contribution is -0.0793. The molecule has 4 atom stereocenters. The molecule has 1 N–H and O–H groups in total. The molecule has 0 aromatic rings. The van der Waals surface area contributed by atoms with Crippen LogP contribution in [0.25, 0.3) is 0 Å². The average Bonchev–Trinajstić information content (AvgIpc) is 2.47. The number of β-amino-alcohol motifs (C(OH)–C–C–N with tert-alkyl or cyclic N) is 1. The number of piperidine rings is 1. The topological polar surface area (TPSA) is 45.2 Å². The van der Waals surface area contributed by atoms with Crippen molar-refractivity contribution in [2.24, 2.45) is 0 Å². The van der Waals surface area contributed by atoms with Gasteiger partial charge in [-0.05, 0) is 53.5 Å². The van der Waals surface area contributed by atoms with Crippen LogP contribution in [0.2, 0.25) is 0 Å². The molecule has 0 amide bonds. The fourth-order valence-electron chi connectivity index (χ4n) is 4.13. The van der Waals surface area contributed by atoms with Crippen molar-refractivity contribution in [3.63, 3.8) is 0 Å². The number of ether oxygens (including phenoxy) is 2. The van der Waals surface area contributed by atoms with Gasteiger partial charge in [-0.15, -0.1) is 0 Å². The van der Waals surface area contributed by atoms with Gasteiger partial charge in [-0.3, -0.25) is 9.80 Å². The molecule has 0 aliphatic carbocycles. The van der Waals surface area contributed by atoms with Crippen LogP contribution in [0.5, 0.6) is 0 Å². The summed E-state index contributed by atoms with van der Waals surface area (Å²) >= 11 is 0. The van der Waals surface area contributed by atoms with E-state index in [2.05, 4.69) is 37.5 Å². The third kappa shape index (κ3) is 6.96. The minimum absolute atomic E-state index is 0.261. The fraction of sp³-hybridized carbons (Fsp3) is 1.00. The largest absolute Gasteiger partial charge is 0.390 e. The lowest BCUT2D eigenvalue weighted by Crippen LogP contribution is -2.51. The second-order valence-corrected chi connectivity index (χ2v) is 7.98. The summed E-state index contributed by atoms with van der Waals surface area (Å²) < 4.78 is 11.5. The number of morpholine rings is 1. The van der Waals surface area contributed by atoms with Gasteiger partial charge in [0, 0.05) is 38.8 Å². The van der Waals surface area contributed by atoms with Gasteiger partial charge in [0.05, 0.1) is 24.4 Å². The van der Waals surface area contributed by atoms with E-state index < -0.39 is 0 Å². The Morgan fingerprint density at radius 1 is 1.12 bits per heavy atom. The summed E-state index contributed by atoms with van der Waals surface area (Å²) in [5.74, 6) is 0. The number of likely N-dealkylation sites (tertiary alicyclic amines) is 1. The van der Waals surface area contributed by atoms with Gasteiger partial charge in [-0.25, -0.2) is 0 Å². The van der Waals surface area contributed by atoms with Crippen molar-refractivity contribution >= 4 is 0 Å². The summed E-state index contributed by atoms with van der Waals surface area (Å²) in [5.41, 5.74) is 0. The summed E-state index contributed by atoms with van der Waals surface area (Å²) in [4.78, 5) is 4.84. The van der Waals surface area contributed by atoms with Gasteiger partial charge in [0.1, 0.15) is 0 Å². The van der Waals surface area contributed by atoms with Gasteiger partial charge in [0.15, 0.2) is 0 Å². The third-order valence-corrected chi connectivity index (χ3v) is 5.06. The second-order valence-electron chi connectivity index (χ2n) is 7.98. The van der Waals surface area contributed by atoms with Crippen LogP contribution in [0, 0.1) is 0 Å². The predicted molar refractivity (Wildman–Crippen MR) is 97.4 cm³/mol. The lowest BCUT2D eigenvalue weighted by Gasteiger charge is -2.39. The van der Waals surface area contributed by atoms with Crippen molar-refractivity contribution in [2.75, 3.05) is 39.3 Å². The van der Waals surface area contributed by atoms with E-state index in [-0.39, 0.29) is 18.3 Å². The van der Waals surface area contributed by atoms with Crippen molar-refractivity contribution in [1.82, 2.24) is 9.80 Å². The van der Waals surface area contributed by atoms with Crippen molar-refractivity contribution in [3.8, 4) is 0 Å². The maximum absolute atomic E-state index is 10.6. The van der Waals surface area contributed by atoms with Crippen LogP contribution in [0.1, 0.15) is 53.4 Å². The Morgan fingerprint density at radius 2 is 1.83 bits per heavy atom. The molecule has 0 aromatic carbocycles. The fourth-order valence-corrected chi connectivity index (χ4v) is 4.13. The highest BCUT2D eigenvalue weighted by Gasteiger charge is 2.27. The second kappa shape index (κ2) is 10.1. The standard InChI is InChI=1S/C19H38N2O3/c1-15(2)23-10-8-18-7-5-6-9-21(18)14-19(22)13-20-11-16(3)24-17(4)12-20/h15-19,22H,5-14H2,1-4H3. The zero-order valence-electron chi connectivity index (χ0n) is 16.1. The summed E-state index contributed by atoms with van der Waals surface area (Å²) in [7, 11) is 0. The highest BCUT2D eigenvalue weighted by molar-refractivity contribution is 4.81. The molecule has 5 heteroatoms. The maximum atomic E-state index is 10.6. The van der Waals surface area contributed by atoms with E-state index in [4.69, 9.17) is 9.47 Å². The Balaban J connectivity index is 1.76. The molecule has 0 spiro atoms. The molecule has 2 aliphatic heterocycles. The van der Waals surface area contributed by atoms with Gasteiger partial charge in [0.2, 0.25) is 0 Å². The Kier molecular flexibility index (Phi) is 8.44. The monoisotopic (exact) mass is 342 g/mol. The average molecular weight is 343 g/mol. The number of aliphatic hydroxyl groups is 1. The molecule has 5 nitrogen and oxygen atoms in total. The molecule has 2 fully saturated rings. The van der Waals surface area contributed by atoms with Crippen molar-refractivity contribution in [3.05, 3.63) is 0 Å². The SMILES string of the molecule is CC(C)OCCC1CCCCN1CC(O)CN1CC(C)OC(C)C1. The molecule has 0 aromatic heterocycles. The number of hydrogen-bond donors (Lipinski definition) is 1. The zero-order valence-corrected chi connectivity index (χ0v) is 16.1. The van der Waals surface area contributed by atoms with Crippen molar-refractivity contribution in [2.45, 2.75) is 83.8 Å². The number of aliphatic hydroxyl groups excluding tert-OH is 1. The molecule has 24 heavy (non-hydrogen) atoms. The molecule has 142 valence electrons. The normalized spacial score (nSPS) is 31.5. The molecule has 0 radical (unpaired) electrons. The minimum Gasteiger partial charge on any atom is -0.390 e. The van der Waals surface area contributed by atoms with Gasteiger partial charge >= 0.3 is 0 Å². The van der Waals surface area contributed by atoms with Crippen LogP contribution in [0.15, 0.2) is 0 Å². The highest BCUT2D eigenvalue weighted by Crippen LogP contribution is 2.20. The van der Waals surface area contributed by atoms with Gasteiger partial charge < -0.3 is 14.6 Å². The number of hydrogen-bond acceptors (Lipinski definition) is 5. The summed E-state index contributed by atoms with van der Waals surface area (Å²) in [6, 6.07) is 0.565. The van der Waals surface area contributed by atoms with Crippen LogP contribution in [-0.2, 0) is 9.47 Å². The molecule has 4 unspecified atom stereocenters. The smallest absolute Gasteiger partial charge is 0.0793 e. The van der Waals surface area contributed by atoms with E-state index in [9.17, 15) is 5.11 Å². The third-order valence-electron chi connectivity index (χ3n) is 5.06. The first-order valence-electron chi connectivity index (χ1n) is 9.85. The van der Waals surface area contributed by atoms with E-state index in [0.29, 0.717) is 12.1 Å². The molecule has 0 saturated carbocycles. The Hall–Kier alpha value is -0.200. The van der Waals surface area contributed by atoms with Gasteiger partial charge in [-0.2, -0.15) is 0 Å². The van der Waals surface area contributed by atoms with Crippen LogP contribution >= 0.6 is 0 Å². The first-order chi connectivity index (χ1) is 11.4. The van der Waals surface area contributed by atoms with E-state index >= 15 is 0 Å². The Bertz CT molecular complexity index is 344. The Morgan fingerprint density at radius 3 is 2.50 bits per heavy atom. The first kappa shape index (κ1) is 20.1. The molecular weight excluding hydrogens is 304 g/mol. The van der Waals surface area contributed by atoms with Gasteiger partial charge in [-0.1, -0.05) is 6.42 Å². The van der Waals surface area contributed by atoms with E-state index in [1.54, 1.807) is 0 Å². The van der Waals surface area contributed by atoms with E-state index in [0.717, 1.165) is 45.8 Å². The van der Waals surface area contributed by atoms with Crippen LogP contribution in [-0.4, -0.2) is 84.7 Å². The van der Waals surface area contributed by atoms with Gasteiger partial charge in [0.25, 0.3) is 0 Å². The molecule has 2 rings (SSSR count). The molecule has 0 bridgehead atoms. The molecule has 2 saturated heterocycles. The van der Waals surface area contributed by atoms with E-state index in [1.807, 2.05) is 0 Å². The van der Waals surface area contributed by atoms with Crippen LogP contribution < -0.4 is 0 Å². The first-order valence-corrected chi connectivity index (χ1v) is 9.85. The summed E-state index contributed by atoms with van der Waals surface area (Å²) in [6.45, 7) is 13.7. The number of nitrogens with zero attached hydrogens (tertiary/aromatic N) is 2. The van der Waals surface area contributed by atoms with Crippen LogP contribution in [0.4, 0.5) is 0 Å². The van der Waals surface area contributed by atoms with Crippen molar-refractivity contribution in [1.29, 1.82) is 0 Å². The van der Waals surface area contributed by atoms with Crippen LogP contribution in [0.3, 0.4) is 0 Å². The predicted octanol–water partition coefficient (Wildman–Crippen LogP) is 2.13. The van der Waals surface area contributed by atoms with E-state index in [1.165, 1.54) is 19.3 Å². The Labute approximate surface area is 148 Å². The summed E-state index contributed by atoms with van der Waals surface area (Å²) in [6.07, 6.45) is 5.41. The number of rotatable bonds is 8. The minimum atomic E-state index is -0.283. The molecular formula is C19H38N2O3. The van der Waals surface area contributed by atoms with Crippen molar-refractivity contribution < 1.29 is 14.6 Å². The summed E-state index contributed by atoms with van der Waals surface area (Å²) in [5, 5.41) is 10.6. The quantitative estimate of drug-likeness (QED) is 0.732. The highest BCUT2D eigenvalue weighted by atomic mass is 16.5. The maximum Gasteiger partial charge on any atom is 0.0793 e. The lowest BCUT2D eigenvalue weighted by atomic mass is 9.99. The zero-order chi connectivity index (χ0) is 17.5. The molecule has 2 heterocycles. The molecule has 2 aliphatic rings.